The molecule has 0 aromatic carbocycles. The minimum absolute atomic E-state index is 0.0441. The molecule has 4 fully saturated rings. The van der Waals surface area contributed by atoms with Crippen molar-refractivity contribution in [3.05, 3.63) is 47.2 Å². The molecule has 0 unspecified atom stereocenters. The Morgan fingerprint density at radius 1 is 1.11 bits per heavy atom. The summed E-state index contributed by atoms with van der Waals surface area (Å²) in [5.74, 6) is -0.304. The Hall–Kier alpha value is -3.92. The first-order chi connectivity index (χ1) is 21.2. The van der Waals surface area contributed by atoms with Gasteiger partial charge >= 0.3 is 0 Å². The van der Waals surface area contributed by atoms with E-state index in [1.807, 2.05) is 24.4 Å². The summed E-state index contributed by atoms with van der Waals surface area (Å²) in [4.78, 5) is 17.4. The molecule has 4 aromatic heterocycles. The molecule has 0 spiro atoms. The molecule has 1 amide bonds. The maximum Gasteiger partial charge on any atom is 0.251 e. The molecule has 1 aliphatic heterocycles. The second kappa shape index (κ2) is 10.9. The minimum Gasteiger partial charge on any atom is -0.381 e. The van der Waals surface area contributed by atoms with E-state index in [4.69, 9.17) is 19.9 Å². The Labute approximate surface area is 259 Å². The average Bonchev–Trinajstić information content (AvgIpc) is 3.70. The van der Waals surface area contributed by atoms with Gasteiger partial charge in [-0.2, -0.15) is 10.4 Å². The van der Waals surface area contributed by atoms with Crippen LogP contribution in [-0.2, 0) is 14.9 Å². The van der Waals surface area contributed by atoms with Gasteiger partial charge in [-0.3, -0.25) is 9.78 Å². The number of nitrogens with zero attached hydrogens (tertiary/aromatic N) is 6. The fourth-order valence-corrected chi connectivity index (χ4v) is 7.98. The van der Waals surface area contributed by atoms with Gasteiger partial charge in [0.05, 0.1) is 34.2 Å². The van der Waals surface area contributed by atoms with Gasteiger partial charge in [-0.05, 0) is 89.5 Å². The molecular formula is C32H36N8O3S. The average molecular weight is 613 g/mol. The number of rotatable bonds is 7. The summed E-state index contributed by atoms with van der Waals surface area (Å²) in [5.41, 5.74) is 3.14. The fourth-order valence-electron chi connectivity index (χ4n) is 6.84. The van der Waals surface area contributed by atoms with Crippen molar-refractivity contribution in [2.75, 3.05) is 18.5 Å². The molecule has 3 saturated carbocycles. The third-order valence-corrected chi connectivity index (χ3v) is 10.9. The van der Waals surface area contributed by atoms with E-state index in [1.54, 1.807) is 22.0 Å². The molecule has 228 valence electrons. The Bertz CT molecular complexity index is 1740. The first-order valence-electron chi connectivity index (χ1n) is 15.3. The summed E-state index contributed by atoms with van der Waals surface area (Å²) >= 11 is 1.64. The first kappa shape index (κ1) is 28.8. The molecular weight excluding hydrogens is 576 g/mol. The van der Waals surface area contributed by atoms with Crippen molar-refractivity contribution >= 4 is 28.4 Å². The van der Waals surface area contributed by atoms with E-state index in [0.717, 1.165) is 103 Å². The molecule has 0 atom stereocenters. The number of nitrogens with one attached hydrogen (secondary N) is 2. The van der Waals surface area contributed by atoms with Crippen LogP contribution in [0.5, 0.6) is 0 Å². The van der Waals surface area contributed by atoms with Gasteiger partial charge in [0.15, 0.2) is 5.01 Å². The highest BCUT2D eigenvalue weighted by Gasteiger charge is 2.52. The quantitative estimate of drug-likeness (QED) is 0.272. The van der Waals surface area contributed by atoms with Crippen LogP contribution < -0.4 is 10.6 Å². The van der Waals surface area contributed by atoms with E-state index < -0.39 is 5.60 Å². The van der Waals surface area contributed by atoms with Gasteiger partial charge in [0, 0.05) is 42.1 Å². The number of carbonyl (C=O) groups excluding carboxylic acids is 1. The van der Waals surface area contributed by atoms with Crippen molar-refractivity contribution in [1.29, 1.82) is 5.26 Å². The summed E-state index contributed by atoms with van der Waals surface area (Å²) in [6, 6.07) is 10.2. The van der Waals surface area contributed by atoms with Crippen molar-refractivity contribution < 1.29 is 14.6 Å². The van der Waals surface area contributed by atoms with Crippen molar-refractivity contribution in [2.45, 2.75) is 87.8 Å². The number of ether oxygens (including phenoxy) is 1. The van der Waals surface area contributed by atoms with E-state index >= 15 is 0 Å². The predicted molar refractivity (Wildman–Crippen MR) is 166 cm³/mol. The molecule has 0 radical (unpaired) electrons. The minimum atomic E-state index is -1.39. The Kier molecular flexibility index (Phi) is 7.15. The Morgan fingerprint density at radius 2 is 1.86 bits per heavy atom. The zero-order valence-electron chi connectivity index (χ0n) is 25.0. The molecule has 2 bridgehead atoms. The van der Waals surface area contributed by atoms with Gasteiger partial charge in [-0.25, -0.2) is 4.52 Å². The molecule has 8 rings (SSSR count). The molecule has 44 heavy (non-hydrogen) atoms. The van der Waals surface area contributed by atoms with Crippen LogP contribution in [0.1, 0.15) is 75.8 Å². The summed E-state index contributed by atoms with van der Waals surface area (Å²) in [6.45, 7) is 4.52. The molecule has 4 aromatic rings. The molecule has 3 N–H and O–H groups in total. The van der Waals surface area contributed by atoms with Crippen molar-refractivity contribution in [3.63, 3.8) is 0 Å². The van der Waals surface area contributed by atoms with E-state index in [1.165, 1.54) is 13.8 Å². The third kappa shape index (κ3) is 5.23. The number of pyridine rings is 1. The number of amides is 1. The number of aliphatic hydroxyl groups is 1. The van der Waals surface area contributed by atoms with Crippen LogP contribution in [0.2, 0.25) is 0 Å². The van der Waals surface area contributed by atoms with Crippen molar-refractivity contribution in [2.24, 2.45) is 0 Å². The SMILES string of the molecule is CC(C)(O)C(=O)NC12CCC(c3nnc(-c4cnc(-c5ccc6cc(C#N)cnn56)cc4NC4CCOCC4)s3)(CC1)CC2. The van der Waals surface area contributed by atoms with Gasteiger partial charge in [-0.15, -0.1) is 10.2 Å². The Morgan fingerprint density at radius 3 is 2.57 bits per heavy atom. The number of hydrogen-bond donors (Lipinski definition) is 3. The van der Waals surface area contributed by atoms with Gasteiger partial charge < -0.3 is 20.5 Å². The molecule has 4 aliphatic rings. The fraction of sp³-hybridized carbons (Fsp3) is 0.500. The lowest BCUT2D eigenvalue weighted by atomic mass is 9.57. The van der Waals surface area contributed by atoms with Crippen LogP contribution in [0.25, 0.3) is 27.5 Å². The second-order valence-electron chi connectivity index (χ2n) is 13.0. The monoisotopic (exact) mass is 612 g/mol. The van der Waals surface area contributed by atoms with E-state index in [9.17, 15) is 15.2 Å². The van der Waals surface area contributed by atoms with E-state index in [-0.39, 0.29) is 22.9 Å². The zero-order valence-corrected chi connectivity index (χ0v) is 25.8. The highest BCUT2D eigenvalue weighted by Crippen LogP contribution is 2.54. The third-order valence-electron chi connectivity index (χ3n) is 9.67. The lowest BCUT2D eigenvalue weighted by Crippen LogP contribution is -2.60. The number of aromatic nitrogens is 5. The summed E-state index contributed by atoms with van der Waals surface area (Å²) in [5, 5.41) is 42.2. The zero-order chi connectivity index (χ0) is 30.5. The largest absolute Gasteiger partial charge is 0.381 e. The van der Waals surface area contributed by atoms with Gasteiger partial charge in [0.1, 0.15) is 16.7 Å². The van der Waals surface area contributed by atoms with Crippen LogP contribution in [0.3, 0.4) is 0 Å². The second-order valence-corrected chi connectivity index (χ2v) is 14.0. The van der Waals surface area contributed by atoms with Gasteiger partial charge in [0.25, 0.3) is 5.91 Å². The van der Waals surface area contributed by atoms with Crippen LogP contribution in [0.15, 0.2) is 36.7 Å². The molecule has 3 aliphatic carbocycles. The maximum atomic E-state index is 12.6. The number of carbonyl (C=O) groups is 1. The highest BCUT2D eigenvalue weighted by atomic mass is 32.1. The molecule has 12 heteroatoms. The van der Waals surface area contributed by atoms with E-state index in [2.05, 4.69) is 27.9 Å². The number of hydrogen-bond acceptors (Lipinski definition) is 10. The first-order valence-corrected chi connectivity index (χ1v) is 16.1. The molecule has 11 nitrogen and oxygen atoms in total. The van der Waals surface area contributed by atoms with Crippen molar-refractivity contribution in [1.82, 2.24) is 30.1 Å². The summed E-state index contributed by atoms with van der Waals surface area (Å²) < 4.78 is 7.41. The van der Waals surface area contributed by atoms with E-state index in [0.29, 0.717) is 5.56 Å². The number of nitriles is 1. The molecule has 5 heterocycles. The summed E-state index contributed by atoms with van der Waals surface area (Å²) in [7, 11) is 0. The van der Waals surface area contributed by atoms with Gasteiger partial charge in [0.2, 0.25) is 0 Å². The molecule has 1 saturated heterocycles. The van der Waals surface area contributed by atoms with Crippen LogP contribution in [0, 0.1) is 11.3 Å². The van der Waals surface area contributed by atoms with Crippen LogP contribution >= 0.6 is 11.3 Å². The number of anilines is 1. The standard InChI is InChI=1S/C32H36N8O3S/c1-30(2,42)28(41)37-32-10-7-31(8-11-32,9-12-32)29-39-38-27(44-29)23-19-34-25(16-24(23)36-21-5-13-43-14-6-21)26-4-3-22-15-20(17-33)18-35-40(22)26/h3-4,15-16,18-19,21,42H,5-14H2,1-2H3,(H,34,36)(H,37,41). The summed E-state index contributed by atoms with van der Waals surface area (Å²) in [6.07, 6.45) is 10.7. The van der Waals surface area contributed by atoms with Crippen LogP contribution in [0.4, 0.5) is 5.69 Å². The van der Waals surface area contributed by atoms with Crippen molar-refractivity contribution in [3.8, 4) is 28.0 Å². The highest BCUT2D eigenvalue weighted by molar-refractivity contribution is 7.14. The lowest BCUT2D eigenvalue weighted by molar-refractivity contribution is -0.140. The normalized spacial score (nSPS) is 23.9. The number of fused-ring (bicyclic) bond motifs is 4. The maximum absolute atomic E-state index is 12.6. The lowest BCUT2D eigenvalue weighted by Gasteiger charge is -2.53. The predicted octanol–water partition coefficient (Wildman–Crippen LogP) is 4.61. The topological polar surface area (TPSA) is 150 Å². The Balaban J connectivity index is 1.18. The van der Waals surface area contributed by atoms with Gasteiger partial charge in [-0.1, -0.05) is 11.3 Å². The smallest absolute Gasteiger partial charge is 0.251 e. The van der Waals surface area contributed by atoms with Crippen LogP contribution in [-0.4, -0.2) is 66.2 Å².